The third-order valence-electron chi connectivity index (χ3n) is 2.92. The maximum Gasteiger partial charge on any atom is 0.122 e. The summed E-state index contributed by atoms with van der Waals surface area (Å²) >= 11 is 0. The van der Waals surface area contributed by atoms with Crippen molar-refractivity contribution in [3.05, 3.63) is 0 Å². The minimum atomic E-state index is -1.01. The molecule has 17 heavy (non-hydrogen) atoms. The smallest absolute Gasteiger partial charge is 0.122 e. The summed E-state index contributed by atoms with van der Waals surface area (Å²) in [6.45, 7) is 3.40. The molecule has 0 heterocycles. The summed E-state index contributed by atoms with van der Waals surface area (Å²) in [7, 11) is 0. The molecule has 0 spiro atoms. The molecule has 1 aliphatic carbocycles. The van der Waals surface area contributed by atoms with Crippen molar-refractivity contribution in [3.63, 3.8) is 0 Å². The van der Waals surface area contributed by atoms with Crippen molar-refractivity contribution in [2.45, 2.75) is 70.0 Å². The topological polar surface area (TPSA) is 40.5 Å². The van der Waals surface area contributed by atoms with Crippen LogP contribution in [0.3, 0.4) is 0 Å². The van der Waals surface area contributed by atoms with Gasteiger partial charge in [-0.15, -0.1) is 11.8 Å². The fraction of sp³-hybridized carbons (Fsp3) is 0.733. The van der Waals surface area contributed by atoms with Gasteiger partial charge in [-0.05, 0) is 39.5 Å². The van der Waals surface area contributed by atoms with Gasteiger partial charge in [-0.1, -0.05) is 18.3 Å². The van der Waals surface area contributed by atoms with Gasteiger partial charge in [0.15, 0.2) is 0 Å². The molecule has 0 fully saturated rings. The van der Waals surface area contributed by atoms with Gasteiger partial charge in [-0.3, -0.25) is 0 Å². The molecule has 1 aliphatic rings. The van der Waals surface area contributed by atoms with Crippen molar-refractivity contribution < 1.29 is 10.2 Å². The summed E-state index contributed by atoms with van der Waals surface area (Å²) in [5.74, 6) is 11.8. The second-order valence-corrected chi connectivity index (χ2v) is 5.21. The third kappa shape index (κ3) is 6.37. The van der Waals surface area contributed by atoms with Crippen molar-refractivity contribution in [2.24, 2.45) is 0 Å². The highest BCUT2D eigenvalue weighted by atomic mass is 16.3. The normalized spacial score (nSPS) is 35.1. The number of hydrogen-bond donors (Lipinski definition) is 2. The van der Waals surface area contributed by atoms with Crippen molar-refractivity contribution in [1.82, 2.24) is 0 Å². The number of rotatable bonds is 0. The van der Waals surface area contributed by atoms with E-state index in [4.69, 9.17) is 0 Å². The molecule has 94 valence electrons. The lowest BCUT2D eigenvalue weighted by Crippen LogP contribution is -2.29. The van der Waals surface area contributed by atoms with Crippen LogP contribution in [-0.4, -0.2) is 21.4 Å². The third-order valence-corrected chi connectivity index (χ3v) is 2.92. The molecule has 0 aliphatic heterocycles. The molecule has 0 radical (unpaired) electrons. The average molecular weight is 234 g/mol. The molecule has 2 unspecified atom stereocenters. The molecule has 2 atom stereocenters. The quantitative estimate of drug-likeness (QED) is 0.631. The molecule has 0 bridgehead atoms. The summed E-state index contributed by atoms with van der Waals surface area (Å²) in [5, 5.41) is 20.1. The Bertz CT molecular complexity index is 322. The zero-order valence-electron chi connectivity index (χ0n) is 10.8. The first kappa shape index (κ1) is 14.1. The minimum absolute atomic E-state index is 0.446. The van der Waals surface area contributed by atoms with E-state index in [1.54, 1.807) is 13.8 Å². The predicted molar refractivity (Wildman–Crippen MR) is 69.1 cm³/mol. The van der Waals surface area contributed by atoms with Gasteiger partial charge >= 0.3 is 0 Å². The van der Waals surface area contributed by atoms with E-state index >= 15 is 0 Å². The Morgan fingerprint density at radius 1 is 0.765 bits per heavy atom. The van der Waals surface area contributed by atoms with E-state index < -0.39 is 11.2 Å². The average Bonchev–Trinajstić information content (AvgIpc) is 2.24. The molecular formula is C15H22O2. The Labute approximate surface area is 104 Å². The fourth-order valence-corrected chi connectivity index (χ4v) is 1.72. The largest absolute Gasteiger partial charge is 0.378 e. The van der Waals surface area contributed by atoms with Crippen molar-refractivity contribution >= 4 is 0 Å². The zero-order chi connectivity index (χ0) is 12.8. The predicted octanol–water partition coefficient (Wildman–Crippen LogP) is 2.24. The van der Waals surface area contributed by atoms with Crippen LogP contribution in [-0.2, 0) is 0 Å². The van der Waals surface area contributed by atoms with E-state index in [9.17, 15) is 10.2 Å². The summed E-state index contributed by atoms with van der Waals surface area (Å²) in [6.07, 6.45) is 5.78. The Balaban J connectivity index is 2.72. The minimum Gasteiger partial charge on any atom is -0.378 e. The maximum absolute atomic E-state index is 10.0. The second-order valence-electron chi connectivity index (χ2n) is 5.21. The van der Waals surface area contributed by atoms with Gasteiger partial charge in [0, 0.05) is 12.8 Å². The first-order valence-corrected chi connectivity index (χ1v) is 6.36. The summed E-state index contributed by atoms with van der Waals surface area (Å²) in [6, 6.07) is 0. The van der Waals surface area contributed by atoms with Crippen molar-refractivity contribution in [1.29, 1.82) is 0 Å². The van der Waals surface area contributed by atoms with Gasteiger partial charge in [0.05, 0.1) is 0 Å². The van der Waals surface area contributed by atoms with E-state index in [-0.39, 0.29) is 0 Å². The molecule has 0 aromatic heterocycles. The zero-order valence-corrected chi connectivity index (χ0v) is 10.8. The standard InChI is InChI=1S/C15H22O2/c1-14(16)10-8-6-4-3-5-7-9-11-15(2,17)13-12-14/h16-17H,3-7,12-13H2,1-2H3. The SMILES string of the molecule is CC1(O)C#CCCCCCC#CC(C)(O)CC1. The van der Waals surface area contributed by atoms with Crippen LogP contribution in [0.15, 0.2) is 0 Å². The Morgan fingerprint density at radius 2 is 1.18 bits per heavy atom. The Kier molecular flexibility index (Phi) is 5.06. The molecule has 0 amide bonds. The lowest BCUT2D eigenvalue weighted by Gasteiger charge is -2.22. The first-order chi connectivity index (χ1) is 7.91. The van der Waals surface area contributed by atoms with Gasteiger partial charge in [-0.25, -0.2) is 0 Å². The lowest BCUT2D eigenvalue weighted by molar-refractivity contribution is 0.0581. The first-order valence-electron chi connectivity index (χ1n) is 6.36. The highest BCUT2D eigenvalue weighted by molar-refractivity contribution is 5.16. The molecule has 0 saturated carbocycles. The molecule has 0 aromatic rings. The van der Waals surface area contributed by atoms with E-state index in [1.807, 2.05) is 0 Å². The summed E-state index contributed by atoms with van der Waals surface area (Å²) < 4.78 is 0. The van der Waals surface area contributed by atoms with Crippen LogP contribution in [0.25, 0.3) is 0 Å². The van der Waals surface area contributed by atoms with E-state index in [0.29, 0.717) is 12.8 Å². The van der Waals surface area contributed by atoms with Gasteiger partial charge < -0.3 is 10.2 Å². The van der Waals surface area contributed by atoms with Crippen molar-refractivity contribution in [3.8, 4) is 23.7 Å². The van der Waals surface area contributed by atoms with Gasteiger partial charge in [0.2, 0.25) is 0 Å². The molecule has 2 nitrogen and oxygen atoms in total. The van der Waals surface area contributed by atoms with Gasteiger partial charge in [0.1, 0.15) is 11.2 Å². The van der Waals surface area contributed by atoms with Crippen LogP contribution in [0, 0.1) is 23.7 Å². The number of hydrogen-bond acceptors (Lipinski definition) is 2. The van der Waals surface area contributed by atoms with Gasteiger partial charge in [-0.2, -0.15) is 0 Å². The van der Waals surface area contributed by atoms with Gasteiger partial charge in [0.25, 0.3) is 0 Å². The second kappa shape index (κ2) is 6.10. The van der Waals surface area contributed by atoms with Crippen LogP contribution in [0.5, 0.6) is 0 Å². The molecular weight excluding hydrogens is 212 g/mol. The molecule has 0 aromatic carbocycles. The fourth-order valence-electron chi connectivity index (χ4n) is 1.72. The Hall–Kier alpha value is -0.960. The number of aliphatic hydroxyl groups is 2. The molecule has 2 N–H and O–H groups in total. The monoisotopic (exact) mass is 234 g/mol. The van der Waals surface area contributed by atoms with E-state index in [0.717, 1.165) is 32.1 Å². The molecule has 2 heteroatoms. The van der Waals surface area contributed by atoms with Crippen LogP contribution < -0.4 is 0 Å². The van der Waals surface area contributed by atoms with Crippen LogP contribution >= 0.6 is 0 Å². The lowest BCUT2D eigenvalue weighted by atomic mass is 9.92. The summed E-state index contributed by atoms with van der Waals surface area (Å²) in [4.78, 5) is 0. The molecule has 1 rings (SSSR count). The Morgan fingerprint density at radius 3 is 1.59 bits per heavy atom. The van der Waals surface area contributed by atoms with Crippen LogP contribution in [0.4, 0.5) is 0 Å². The van der Waals surface area contributed by atoms with E-state index in [1.165, 1.54) is 0 Å². The highest BCUT2D eigenvalue weighted by Gasteiger charge is 2.24. The van der Waals surface area contributed by atoms with Crippen LogP contribution in [0.2, 0.25) is 0 Å². The molecule has 0 saturated heterocycles. The summed E-state index contributed by atoms with van der Waals surface area (Å²) in [5.41, 5.74) is -2.03. The van der Waals surface area contributed by atoms with Crippen molar-refractivity contribution in [2.75, 3.05) is 0 Å². The highest BCUT2D eigenvalue weighted by Crippen LogP contribution is 2.19. The van der Waals surface area contributed by atoms with Crippen LogP contribution in [0.1, 0.15) is 58.8 Å². The van der Waals surface area contributed by atoms with E-state index in [2.05, 4.69) is 23.7 Å². The maximum atomic E-state index is 10.0.